The highest BCUT2D eigenvalue weighted by molar-refractivity contribution is 8.02. The number of fused-ring (bicyclic) bond motifs is 1. The van der Waals surface area contributed by atoms with Gasteiger partial charge in [-0.2, -0.15) is 10.5 Å². The average molecular weight is 394 g/mol. The number of hydrogen-bond acceptors (Lipinski definition) is 8. The monoisotopic (exact) mass is 394 g/mol. The number of allylic oxidation sites excluding steroid dienone is 2. The van der Waals surface area contributed by atoms with Crippen molar-refractivity contribution in [2.75, 3.05) is 0 Å². The maximum atomic E-state index is 9.92. The van der Waals surface area contributed by atoms with Gasteiger partial charge in [0.25, 0.3) is 0 Å². The lowest BCUT2D eigenvalue weighted by Gasteiger charge is -2.26. The fourth-order valence-electron chi connectivity index (χ4n) is 3.11. The number of aromatic nitrogens is 2. The molecular weight excluding hydrogens is 380 g/mol. The van der Waals surface area contributed by atoms with E-state index in [2.05, 4.69) is 22.4 Å². The highest BCUT2D eigenvalue weighted by atomic mass is 32.2. The quantitative estimate of drug-likeness (QED) is 0.697. The number of thioether (sulfide) groups is 1. The molecule has 0 spiro atoms. The first-order chi connectivity index (χ1) is 13.1. The Labute approximate surface area is 163 Å². The van der Waals surface area contributed by atoms with Gasteiger partial charge < -0.3 is 15.5 Å². The average Bonchev–Trinajstić information content (AvgIpc) is 3.37. The first kappa shape index (κ1) is 17.3. The van der Waals surface area contributed by atoms with Crippen LogP contribution >= 0.6 is 23.1 Å². The van der Waals surface area contributed by atoms with Crippen molar-refractivity contribution in [3.63, 3.8) is 0 Å². The summed E-state index contributed by atoms with van der Waals surface area (Å²) in [6.45, 7) is 1.88. The number of hydrogen-bond donors (Lipinski definition) is 2. The van der Waals surface area contributed by atoms with E-state index >= 15 is 0 Å². The Hall–Kier alpha value is -3.14. The van der Waals surface area contributed by atoms with Crippen LogP contribution in [0, 0.1) is 29.6 Å². The fraction of sp³-hybridized carbons (Fsp3) is 0.167. The Morgan fingerprint density at radius 1 is 1.41 bits per heavy atom. The third kappa shape index (κ3) is 2.87. The lowest BCUT2D eigenvalue weighted by atomic mass is 9.86. The van der Waals surface area contributed by atoms with Crippen LogP contribution in [-0.2, 0) is 5.75 Å². The van der Waals surface area contributed by atoms with Crippen molar-refractivity contribution in [2.45, 2.75) is 18.6 Å². The molecule has 0 fully saturated rings. The summed E-state index contributed by atoms with van der Waals surface area (Å²) < 4.78 is 7.29. The van der Waals surface area contributed by atoms with Gasteiger partial charge in [0.05, 0.1) is 57.6 Å². The molecule has 1 aliphatic heterocycles. The summed E-state index contributed by atoms with van der Waals surface area (Å²) in [5.41, 5.74) is 8.49. The zero-order chi connectivity index (χ0) is 19.0. The van der Waals surface area contributed by atoms with E-state index in [0.717, 1.165) is 22.1 Å². The Balaban J connectivity index is 1.83. The Morgan fingerprint density at radius 3 is 2.93 bits per heavy atom. The molecule has 0 bridgehead atoms. The van der Waals surface area contributed by atoms with E-state index in [1.165, 1.54) is 23.1 Å². The van der Waals surface area contributed by atoms with E-state index in [1.807, 2.05) is 35.0 Å². The van der Waals surface area contributed by atoms with Crippen molar-refractivity contribution in [1.29, 1.82) is 10.5 Å². The fourth-order valence-corrected chi connectivity index (χ4v) is 4.83. The summed E-state index contributed by atoms with van der Waals surface area (Å²) in [5.74, 6) is 1.03. The molecule has 0 amide bonds. The Kier molecular flexibility index (Phi) is 4.40. The number of dihydropyridines is 1. The number of aryl methyl sites for hydroxylation is 1. The van der Waals surface area contributed by atoms with Gasteiger partial charge in [0.15, 0.2) is 4.96 Å². The normalized spacial score (nSPS) is 17.1. The molecule has 0 aliphatic carbocycles. The zero-order valence-corrected chi connectivity index (χ0v) is 15.9. The van der Waals surface area contributed by atoms with Crippen molar-refractivity contribution >= 4 is 28.1 Å². The standard InChI is InChI=1S/C18H14N6OS2/c1-10-15(24-4-6-26-18(24)22-10)14-12(7-19)16(21)23-17(13(14)8-20)27-9-11-3-2-5-25-11/h2-6,14,23H,9,21H2,1H3. The molecule has 4 heterocycles. The minimum atomic E-state index is -0.565. The molecule has 3 aromatic rings. The van der Waals surface area contributed by atoms with Gasteiger partial charge >= 0.3 is 0 Å². The summed E-state index contributed by atoms with van der Waals surface area (Å²) in [4.78, 5) is 5.38. The van der Waals surface area contributed by atoms with E-state index in [4.69, 9.17) is 10.2 Å². The number of nitrogens with zero attached hydrogens (tertiary/aromatic N) is 4. The summed E-state index contributed by atoms with van der Waals surface area (Å²) in [6.07, 6.45) is 3.50. The van der Waals surface area contributed by atoms with Crippen LogP contribution in [0.4, 0.5) is 0 Å². The van der Waals surface area contributed by atoms with Crippen LogP contribution < -0.4 is 11.1 Å². The van der Waals surface area contributed by atoms with Crippen molar-refractivity contribution in [1.82, 2.24) is 14.7 Å². The van der Waals surface area contributed by atoms with Crippen molar-refractivity contribution < 1.29 is 4.42 Å². The second-order valence-corrected chi connectivity index (χ2v) is 7.72. The maximum Gasteiger partial charge on any atom is 0.194 e. The molecule has 3 N–H and O–H groups in total. The second-order valence-electron chi connectivity index (χ2n) is 5.86. The predicted molar refractivity (Wildman–Crippen MR) is 103 cm³/mol. The lowest BCUT2D eigenvalue weighted by molar-refractivity contribution is 0.530. The third-order valence-electron chi connectivity index (χ3n) is 4.30. The highest BCUT2D eigenvalue weighted by Gasteiger charge is 2.35. The number of thiazole rings is 1. The largest absolute Gasteiger partial charge is 0.468 e. The molecule has 1 atom stereocenters. The number of furan rings is 1. The minimum absolute atomic E-state index is 0.257. The smallest absolute Gasteiger partial charge is 0.194 e. The number of nitrogens with two attached hydrogens (primary N) is 1. The van der Waals surface area contributed by atoms with Gasteiger partial charge in [-0.25, -0.2) is 4.98 Å². The number of imidazole rings is 1. The van der Waals surface area contributed by atoms with Crippen molar-refractivity contribution in [2.24, 2.45) is 5.73 Å². The predicted octanol–water partition coefficient (Wildman–Crippen LogP) is 3.35. The summed E-state index contributed by atoms with van der Waals surface area (Å²) in [7, 11) is 0. The molecule has 3 aromatic heterocycles. The molecule has 4 rings (SSSR count). The van der Waals surface area contributed by atoms with E-state index in [0.29, 0.717) is 21.9 Å². The molecule has 1 aliphatic rings. The molecule has 7 nitrogen and oxygen atoms in total. The Bertz CT molecular complexity index is 1150. The first-order valence-corrected chi connectivity index (χ1v) is 9.88. The minimum Gasteiger partial charge on any atom is -0.468 e. The third-order valence-corrected chi connectivity index (χ3v) is 6.09. The van der Waals surface area contributed by atoms with Crippen LogP contribution in [0.5, 0.6) is 0 Å². The molecule has 0 saturated heterocycles. The van der Waals surface area contributed by atoms with Crippen LogP contribution in [0.15, 0.2) is 56.4 Å². The molecule has 0 aromatic carbocycles. The topological polar surface area (TPSA) is 116 Å². The summed E-state index contributed by atoms with van der Waals surface area (Å²) in [6, 6.07) is 8.14. The van der Waals surface area contributed by atoms with E-state index in [1.54, 1.807) is 6.26 Å². The van der Waals surface area contributed by atoms with Crippen molar-refractivity contribution in [3.05, 3.63) is 69.1 Å². The Morgan fingerprint density at radius 2 is 2.22 bits per heavy atom. The molecule has 134 valence electrons. The van der Waals surface area contributed by atoms with Crippen LogP contribution in [-0.4, -0.2) is 9.38 Å². The first-order valence-electron chi connectivity index (χ1n) is 8.02. The maximum absolute atomic E-state index is 9.92. The zero-order valence-electron chi connectivity index (χ0n) is 14.3. The molecule has 1 unspecified atom stereocenters. The molecule has 0 saturated carbocycles. The van der Waals surface area contributed by atoms with Gasteiger partial charge in [0, 0.05) is 11.6 Å². The van der Waals surface area contributed by atoms with Gasteiger partial charge in [-0.05, 0) is 19.1 Å². The van der Waals surface area contributed by atoms with Gasteiger partial charge in [-0.3, -0.25) is 4.40 Å². The van der Waals surface area contributed by atoms with Crippen LogP contribution in [0.25, 0.3) is 4.96 Å². The van der Waals surface area contributed by atoms with Gasteiger partial charge in [0.2, 0.25) is 0 Å². The SMILES string of the molecule is Cc1nc2sccn2c1C1C(C#N)=C(N)NC(SCc2ccco2)=C1C#N. The highest BCUT2D eigenvalue weighted by Crippen LogP contribution is 2.41. The molecule has 9 heteroatoms. The summed E-state index contributed by atoms with van der Waals surface area (Å²) in [5, 5.41) is 25.2. The van der Waals surface area contributed by atoms with Crippen LogP contribution in [0.2, 0.25) is 0 Å². The lowest BCUT2D eigenvalue weighted by Crippen LogP contribution is -2.30. The molecule has 0 radical (unpaired) electrons. The van der Waals surface area contributed by atoms with Gasteiger partial charge in [-0.15, -0.1) is 11.3 Å². The van der Waals surface area contributed by atoms with Gasteiger partial charge in [-0.1, -0.05) is 11.8 Å². The second kappa shape index (κ2) is 6.88. The van der Waals surface area contributed by atoms with Crippen LogP contribution in [0.3, 0.4) is 0 Å². The van der Waals surface area contributed by atoms with E-state index in [-0.39, 0.29) is 5.82 Å². The number of nitriles is 2. The molecule has 27 heavy (non-hydrogen) atoms. The number of rotatable bonds is 4. The van der Waals surface area contributed by atoms with E-state index in [9.17, 15) is 10.5 Å². The molecular formula is C18H14N6OS2. The number of nitrogens with one attached hydrogen (secondary N) is 1. The van der Waals surface area contributed by atoms with E-state index < -0.39 is 5.92 Å². The summed E-state index contributed by atoms with van der Waals surface area (Å²) >= 11 is 2.92. The van der Waals surface area contributed by atoms with Gasteiger partial charge in [0.1, 0.15) is 11.6 Å². The van der Waals surface area contributed by atoms with Crippen molar-refractivity contribution in [3.8, 4) is 12.1 Å². The van der Waals surface area contributed by atoms with Crippen LogP contribution in [0.1, 0.15) is 23.1 Å².